The van der Waals surface area contributed by atoms with Gasteiger partial charge in [-0.1, -0.05) is 31.5 Å². The standard InChI is InChI=1S/C25H28N6O3S/c1-15-5-3-4-6-21(15)31-23(16-7-10-18(34-2)11-8-16)29-30-25(31)35-14-22(32)26-17-9-12-19-20(13-17)28-24(33)27-19/h7-13,15,21H,3-6,14H2,1-2H3,(H,26,32)(H2,27,28,33)/t15-,21+/m1/s1. The van der Waals surface area contributed by atoms with Crippen LogP contribution in [0.3, 0.4) is 0 Å². The first-order valence-corrected chi connectivity index (χ1v) is 12.7. The summed E-state index contributed by atoms with van der Waals surface area (Å²) >= 11 is 1.39. The van der Waals surface area contributed by atoms with Gasteiger partial charge in [0.25, 0.3) is 0 Å². The summed E-state index contributed by atoms with van der Waals surface area (Å²) in [6.45, 7) is 2.28. The molecule has 0 spiro atoms. The molecule has 1 saturated carbocycles. The van der Waals surface area contributed by atoms with Crippen LogP contribution in [0.25, 0.3) is 22.4 Å². The number of ether oxygens (including phenoxy) is 1. The Kier molecular flexibility index (Phi) is 6.63. The average Bonchev–Trinajstić information content (AvgIpc) is 3.45. The summed E-state index contributed by atoms with van der Waals surface area (Å²) in [5, 5.41) is 12.7. The van der Waals surface area contributed by atoms with Gasteiger partial charge in [0.1, 0.15) is 5.75 Å². The van der Waals surface area contributed by atoms with E-state index < -0.39 is 0 Å². The molecule has 2 heterocycles. The van der Waals surface area contributed by atoms with E-state index in [9.17, 15) is 9.59 Å². The summed E-state index contributed by atoms with van der Waals surface area (Å²) in [6, 6.07) is 13.4. The second-order valence-corrected chi connectivity index (χ2v) is 9.85. The predicted octanol–water partition coefficient (Wildman–Crippen LogP) is 4.61. The number of methoxy groups -OCH3 is 1. The van der Waals surface area contributed by atoms with Crippen LogP contribution >= 0.6 is 11.8 Å². The predicted molar refractivity (Wildman–Crippen MR) is 137 cm³/mol. The smallest absolute Gasteiger partial charge is 0.323 e. The van der Waals surface area contributed by atoms with Gasteiger partial charge in [0.2, 0.25) is 5.91 Å². The zero-order chi connectivity index (χ0) is 24.4. The Bertz CT molecular complexity index is 1390. The maximum Gasteiger partial charge on any atom is 0.323 e. The van der Waals surface area contributed by atoms with E-state index in [1.165, 1.54) is 31.0 Å². The van der Waals surface area contributed by atoms with Crippen LogP contribution in [0, 0.1) is 5.92 Å². The molecule has 0 saturated heterocycles. The van der Waals surface area contributed by atoms with E-state index in [-0.39, 0.29) is 23.4 Å². The van der Waals surface area contributed by atoms with Crippen LogP contribution in [-0.2, 0) is 4.79 Å². The molecule has 5 rings (SSSR count). The molecule has 1 aliphatic rings. The van der Waals surface area contributed by atoms with E-state index in [2.05, 4.69) is 37.0 Å². The zero-order valence-corrected chi connectivity index (χ0v) is 20.5. The highest BCUT2D eigenvalue weighted by Gasteiger charge is 2.29. The number of nitrogens with one attached hydrogen (secondary N) is 3. The Labute approximate surface area is 206 Å². The number of carbonyl (C=O) groups excluding carboxylic acids is 1. The number of carbonyl (C=O) groups is 1. The van der Waals surface area contributed by atoms with E-state index >= 15 is 0 Å². The SMILES string of the molecule is COc1ccc(-c2nnc(SCC(=O)Nc3ccc4[nH]c(=O)[nH]c4c3)n2[C@H]2CCCC[C@H]2C)cc1. The van der Waals surface area contributed by atoms with Crippen molar-refractivity contribution < 1.29 is 9.53 Å². The molecule has 0 bridgehead atoms. The molecule has 1 aliphatic carbocycles. The molecule has 0 radical (unpaired) electrons. The summed E-state index contributed by atoms with van der Waals surface area (Å²) in [5.74, 6) is 2.16. The van der Waals surface area contributed by atoms with E-state index in [1.807, 2.05) is 24.3 Å². The number of imidazole rings is 1. The molecule has 9 nitrogen and oxygen atoms in total. The molecule has 2 aromatic heterocycles. The summed E-state index contributed by atoms with van der Waals surface area (Å²) in [4.78, 5) is 29.6. The number of rotatable bonds is 7. The summed E-state index contributed by atoms with van der Waals surface area (Å²) in [7, 11) is 1.65. The lowest BCUT2D eigenvalue weighted by molar-refractivity contribution is -0.113. The van der Waals surface area contributed by atoms with E-state index in [0.29, 0.717) is 22.6 Å². The number of fused-ring (bicyclic) bond motifs is 1. The van der Waals surface area contributed by atoms with Gasteiger partial charge >= 0.3 is 5.69 Å². The lowest BCUT2D eigenvalue weighted by Crippen LogP contribution is -2.23. The molecule has 2 atom stereocenters. The molecule has 10 heteroatoms. The van der Waals surface area contributed by atoms with E-state index in [4.69, 9.17) is 4.74 Å². The van der Waals surface area contributed by atoms with Gasteiger partial charge in [-0.3, -0.25) is 9.36 Å². The van der Waals surface area contributed by atoms with Crippen molar-refractivity contribution in [2.45, 2.75) is 43.8 Å². The fourth-order valence-corrected chi connectivity index (χ4v) is 5.52. The molecular weight excluding hydrogens is 464 g/mol. The summed E-state index contributed by atoms with van der Waals surface area (Å²) in [6.07, 6.45) is 4.64. The fourth-order valence-electron chi connectivity index (χ4n) is 4.73. The van der Waals surface area contributed by atoms with Crippen molar-refractivity contribution in [1.29, 1.82) is 0 Å². The maximum absolute atomic E-state index is 12.7. The number of hydrogen-bond donors (Lipinski definition) is 3. The van der Waals surface area contributed by atoms with Crippen molar-refractivity contribution in [2.75, 3.05) is 18.2 Å². The number of amides is 1. The van der Waals surface area contributed by atoms with Crippen molar-refractivity contribution in [1.82, 2.24) is 24.7 Å². The first kappa shape index (κ1) is 23.2. The van der Waals surface area contributed by atoms with Crippen molar-refractivity contribution in [3.8, 4) is 17.1 Å². The van der Waals surface area contributed by atoms with Gasteiger partial charge in [-0.15, -0.1) is 10.2 Å². The molecule has 0 unspecified atom stereocenters. The van der Waals surface area contributed by atoms with Gasteiger partial charge < -0.3 is 20.0 Å². The third kappa shape index (κ3) is 4.97. The van der Waals surface area contributed by atoms with Crippen LogP contribution in [0.5, 0.6) is 5.75 Å². The second-order valence-electron chi connectivity index (χ2n) is 8.91. The molecule has 3 N–H and O–H groups in total. The highest BCUT2D eigenvalue weighted by atomic mass is 32.2. The Hall–Kier alpha value is -3.53. The van der Waals surface area contributed by atoms with Gasteiger partial charge in [-0.25, -0.2) is 4.79 Å². The zero-order valence-electron chi connectivity index (χ0n) is 19.7. The van der Waals surface area contributed by atoms with Crippen molar-refractivity contribution in [3.63, 3.8) is 0 Å². The number of anilines is 1. The summed E-state index contributed by atoms with van der Waals surface area (Å²) < 4.78 is 7.52. The largest absolute Gasteiger partial charge is 0.497 e. The molecule has 35 heavy (non-hydrogen) atoms. The monoisotopic (exact) mass is 492 g/mol. The van der Waals surface area contributed by atoms with Crippen LogP contribution in [0.15, 0.2) is 52.4 Å². The van der Waals surface area contributed by atoms with E-state index in [1.54, 1.807) is 25.3 Å². The number of thioether (sulfide) groups is 1. The third-order valence-corrected chi connectivity index (χ3v) is 7.49. The number of hydrogen-bond acceptors (Lipinski definition) is 6. The minimum absolute atomic E-state index is 0.149. The van der Waals surface area contributed by atoms with Crippen LogP contribution in [-0.4, -0.2) is 43.5 Å². The fraction of sp³-hybridized carbons (Fsp3) is 0.360. The van der Waals surface area contributed by atoms with Crippen LogP contribution in [0.2, 0.25) is 0 Å². The Morgan fingerprint density at radius 3 is 2.66 bits per heavy atom. The average molecular weight is 493 g/mol. The van der Waals surface area contributed by atoms with E-state index in [0.717, 1.165) is 28.7 Å². The van der Waals surface area contributed by atoms with Crippen LogP contribution in [0.4, 0.5) is 5.69 Å². The molecular formula is C25H28N6O3S. The number of aromatic nitrogens is 5. The first-order valence-electron chi connectivity index (χ1n) is 11.8. The molecule has 1 fully saturated rings. The third-order valence-electron chi connectivity index (χ3n) is 6.54. The normalized spacial score (nSPS) is 18.0. The molecule has 0 aliphatic heterocycles. The highest BCUT2D eigenvalue weighted by Crippen LogP contribution is 2.39. The minimum atomic E-state index is -0.275. The Morgan fingerprint density at radius 2 is 1.89 bits per heavy atom. The van der Waals surface area contributed by atoms with Crippen molar-refractivity contribution in [2.24, 2.45) is 5.92 Å². The Morgan fingerprint density at radius 1 is 1.11 bits per heavy atom. The quantitative estimate of drug-likeness (QED) is 0.325. The lowest BCUT2D eigenvalue weighted by Gasteiger charge is -2.31. The van der Waals surface area contributed by atoms with Gasteiger partial charge in [0, 0.05) is 17.3 Å². The van der Waals surface area contributed by atoms with Crippen LogP contribution in [0.1, 0.15) is 38.6 Å². The molecule has 182 valence electrons. The van der Waals surface area contributed by atoms with Crippen LogP contribution < -0.4 is 15.7 Å². The van der Waals surface area contributed by atoms with Gasteiger partial charge in [-0.05, 0) is 61.2 Å². The second kappa shape index (κ2) is 9.99. The van der Waals surface area contributed by atoms with Gasteiger partial charge in [0.15, 0.2) is 11.0 Å². The lowest BCUT2D eigenvalue weighted by atomic mass is 9.85. The van der Waals surface area contributed by atoms with Crippen molar-refractivity contribution in [3.05, 3.63) is 52.9 Å². The number of benzene rings is 2. The maximum atomic E-state index is 12.7. The van der Waals surface area contributed by atoms with Crippen molar-refractivity contribution >= 4 is 34.4 Å². The molecule has 4 aromatic rings. The number of aromatic amines is 2. The molecule has 1 amide bonds. The first-order chi connectivity index (χ1) is 17.0. The number of nitrogens with zero attached hydrogens (tertiary/aromatic N) is 3. The van der Waals surface area contributed by atoms with Gasteiger partial charge in [0.05, 0.1) is 23.9 Å². The summed E-state index contributed by atoms with van der Waals surface area (Å²) in [5.41, 5.74) is 2.67. The number of H-pyrrole nitrogens is 2. The highest BCUT2D eigenvalue weighted by molar-refractivity contribution is 7.99. The van der Waals surface area contributed by atoms with Gasteiger partial charge in [-0.2, -0.15) is 0 Å². The minimum Gasteiger partial charge on any atom is -0.497 e. The topological polar surface area (TPSA) is 118 Å². The molecule has 2 aromatic carbocycles. The Balaban J connectivity index is 1.36.